The average molecular weight is 538 g/mol. The molecule has 4 nitrogen and oxygen atoms in total. The summed E-state index contributed by atoms with van der Waals surface area (Å²) in [5, 5.41) is 4.14. The van der Waals surface area contributed by atoms with Crippen molar-refractivity contribution >= 4 is 35.0 Å². The number of benzene rings is 3. The normalized spacial score (nSPS) is 14.7. The van der Waals surface area contributed by atoms with Crippen LogP contribution in [0.4, 0.5) is 0 Å². The molecule has 1 saturated carbocycles. The number of carbonyl (C=O) groups excluding carboxylic acids is 2. The summed E-state index contributed by atoms with van der Waals surface area (Å²) in [5.41, 5.74) is 3.88. The van der Waals surface area contributed by atoms with E-state index in [0.717, 1.165) is 47.9 Å². The first-order valence-corrected chi connectivity index (χ1v) is 13.8. The van der Waals surface area contributed by atoms with Crippen molar-refractivity contribution in [1.82, 2.24) is 10.2 Å². The van der Waals surface area contributed by atoms with E-state index in [4.69, 9.17) is 23.2 Å². The predicted octanol–water partition coefficient (Wildman–Crippen LogP) is 6.93. The summed E-state index contributed by atoms with van der Waals surface area (Å²) in [6, 6.07) is 22.8. The van der Waals surface area contributed by atoms with E-state index in [2.05, 4.69) is 11.4 Å². The van der Waals surface area contributed by atoms with Crippen LogP contribution in [0.5, 0.6) is 0 Å². The van der Waals surface area contributed by atoms with Crippen LogP contribution in [0.1, 0.15) is 54.4 Å². The van der Waals surface area contributed by atoms with E-state index >= 15 is 0 Å². The molecule has 0 unspecified atom stereocenters. The minimum Gasteiger partial charge on any atom is -0.352 e. The van der Waals surface area contributed by atoms with E-state index in [1.165, 1.54) is 6.42 Å². The van der Waals surface area contributed by atoms with Crippen LogP contribution in [0.15, 0.2) is 72.8 Å². The number of rotatable bonds is 9. The molecule has 0 aliphatic heterocycles. The molecule has 1 atom stereocenters. The van der Waals surface area contributed by atoms with Gasteiger partial charge in [-0.25, -0.2) is 0 Å². The van der Waals surface area contributed by atoms with Gasteiger partial charge in [-0.2, -0.15) is 0 Å². The number of halogens is 2. The van der Waals surface area contributed by atoms with Crippen molar-refractivity contribution < 1.29 is 9.59 Å². The first-order valence-electron chi connectivity index (χ1n) is 13.0. The first kappa shape index (κ1) is 27.2. The second-order valence-corrected chi connectivity index (χ2v) is 10.8. The van der Waals surface area contributed by atoms with Gasteiger partial charge in [0.25, 0.3) is 0 Å². The van der Waals surface area contributed by atoms with Crippen LogP contribution in [0.2, 0.25) is 10.0 Å². The molecule has 0 spiro atoms. The molecule has 3 aromatic carbocycles. The van der Waals surface area contributed by atoms with Crippen LogP contribution in [-0.2, 0) is 29.0 Å². The zero-order valence-corrected chi connectivity index (χ0v) is 22.8. The highest BCUT2D eigenvalue weighted by molar-refractivity contribution is 6.42. The molecule has 1 N–H and O–H groups in total. The van der Waals surface area contributed by atoms with Crippen LogP contribution in [0.25, 0.3) is 0 Å². The van der Waals surface area contributed by atoms with Crippen LogP contribution < -0.4 is 5.32 Å². The molecule has 1 fully saturated rings. The number of hydrogen-bond donors (Lipinski definition) is 1. The third-order valence-corrected chi connectivity index (χ3v) is 7.74. The van der Waals surface area contributed by atoms with Gasteiger partial charge < -0.3 is 10.2 Å². The van der Waals surface area contributed by atoms with E-state index in [9.17, 15) is 9.59 Å². The molecule has 0 aromatic heterocycles. The molecule has 4 rings (SSSR count). The number of nitrogens with one attached hydrogen (secondary N) is 1. The van der Waals surface area contributed by atoms with Gasteiger partial charge in [-0.05, 0) is 48.6 Å². The summed E-state index contributed by atoms with van der Waals surface area (Å²) in [5.74, 6) is -0.217. The molecule has 0 radical (unpaired) electrons. The quantitative estimate of drug-likeness (QED) is 0.322. The van der Waals surface area contributed by atoms with Crippen LogP contribution in [-0.4, -0.2) is 28.8 Å². The fourth-order valence-corrected chi connectivity index (χ4v) is 5.35. The Kier molecular flexibility index (Phi) is 9.65. The Labute approximate surface area is 230 Å². The lowest BCUT2D eigenvalue weighted by Crippen LogP contribution is -2.53. The van der Waals surface area contributed by atoms with E-state index in [1.54, 1.807) is 17.0 Å². The molecule has 1 aliphatic carbocycles. The van der Waals surface area contributed by atoms with Crippen molar-refractivity contribution in [2.75, 3.05) is 0 Å². The van der Waals surface area contributed by atoms with Crippen molar-refractivity contribution in [3.05, 3.63) is 105 Å². The van der Waals surface area contributed by atoms with Crippen LogP contribution in [0.3, 0.4) is 0 Å². The highest BCUT2D eigenvalue weighted by Crippen LogP contribution is 2.24. The van der Waals surface area contributed by atoms with E-state index in [1.807, 2.05) is 61.5 Å². The van der Waals surface area contributed by atoms with Gasteiger partial charge in [0.15, 0.2) is 0 Å². The Morgan fingerprint density at radius 2 is 1.59 bits per heavy atom. The second-order valence-electron chi connectivity index (χ2n) is 9.98. The van der Waals surface area contributed by atoms with Gasteiger partial charge in [0.1, 0.15) is 6.04 Å². The number of amides is 2. The molecule has 3 aromatic rings. The largest absolute Gasteiger partial charge is 0.352 e. The van der Waals surface area contributed by atoms with Crippen LogP contribution in [0, 0.1) is 6.92 Å². The SMILES string of the molecule is Cc1cccc(CN(C(=O)Cc2ccc(Cl)c(Cl)c2)[C@H](Cc2ccccc2)C(=O)NC2CCCCC2)c1. The lowest BCUT2D eigenvalue weighted by Gasteiger charge is -2.33. The minimum atomic E-state index is -0.639. The molecular formula is C31H34Cl2N2O2. The van der Waals surface area contributed by atoms with Gasteiger partial charge >= 0.3 is 0 Å². The van der Waals surface area contributed by atoms with Crippen LogP contribution >= 0.6 is 23.2 Å². The number of carbonyl (C=O) groups is 2. The van der Waals surface area contributed by atoms with Crippen molar-refractivity contribution in [2.45, 2.75) is 70.5 Å². The van der Waals surface area contributed by atoms with E-state index in [-0.39, 0.29) is 24.3 Å². The summed E-state index contributed by atoms with van der Waals surface area (Å²) in [4.78, 5) is 29.5. The summed E-state index contributed by atoms with van der Waals surface area (Å²) < 4.78 is 0. The minimum absolute atomic E-state index is 0.0918. The van der Waals surface area contributed by atoms with Crippen molar-refractivity contribution in [2.24, 2.45) is 0 Å². The molecule has 194 valence electrons. The maximum Gasteiger partial charge on any atom is 0.243 e. The Balaban J connectivity index is 1.66. The predicted molar refractivity (Wildman–Crippen MR) is 151 cm³/mol. The van der Waals surface area contributed by atoms with Crippen molar-refractivity contribution in [1.29, 1.82) is 0 Å². The number of nitrogens with zero attached hydrogens (tertiary/aromatic N) is 1. The third kappa shape index (κ3) is 7.83. The topological polar surface area (TPSA) is 49.4 Å². The maximum absolute atomic E-state index is 13.9. The zero-order chi connectivity index (χ0) is 26.2. The molecule has 1 aliphatic rings. The molecule has 0 bridgehead atoms. The highest BCUT2D eigenvalue weighted by Gasteiger charge is 2.32. The van der Waals surface area contributed by atoms with Gasteiger partial charge in [0.05, 0.1) is 16.5 Å². The maximum atomic E-state index is 13.9. The van der Waals surface area contributed by atoms with E-state index < -0.39 is 6.04 Å². The lowest BCUT2D eigenvalue weighted by molar-refractivity contribution is -0.141. The zero-order valence-electron chi connectivity index (χ0n) is 21.3. The lowest BCUT2D eigenvalue weighted by atomic mass is 9.94. The van der Waals surface area contributed by atoms with E-state index in [0.29, 0.717) is 23.0 Å². The highest BCUT2D eigenvalue weighted by atomic mass is 35.5. The fourth-order valence-electron chi connectivity index (χ4n) is 5.03. The Bertz CT molecular complexity index is 1210. The Morgan fingerprint density at radius 3 is 2.30 bits per heavy atom. The standard InChI is InChI=1S/C31H34Cl2N2O2/c1-22-9-8-12-25(17-22)21-35(30(36)20-24-15-16-27(32)28(33)18-24)29(19-23-10-4-2-5-11-23)31(37)34-26-13-6-3-7-14-26/h2,4-5,8-12,15-18,26,29H,3,6-7,13-14,19-21H2,1H3,(H,34,37)/t29-/m1/s1. The van der Waals surface area contributed by atoms with Gasteiger partial charge in [0, 0.05) is 19.0 Å². The van der Waals surface area contributed by atoms with Gasteiger partial charge in [0.2, 0.25) is 11.8 Å². The Hall–Kier alpha value is -2.82. The molecular weight excluding hydrogens is 503 g/mol. The van der Waals surface area contributed by atoms with Gasteiger partial charge in [-0.1, -0.05) is 109 Å². The Morgan fingerprint density at radius 1 is 0.865 bits per heavy atom. The van der Waals surface area contributed by atoms with Crippen molar-refractivity contribution in [3.8, 4) is 0 Å². The monoisotopic (exact) mass is 536 g/mol. The molecule has 0 saturated heterocycles. The van der Waals surface area contributed by atoms with Crippen molar-refractivity contribution in [3.63, 3.8) is 0 Å². The molecule has 0 heterocycles. The first-order chi connectivity index (χ1) is 17.9. The molecule has 2 amide bonds. The fraction of sp³-hybridized carbons (Fsp3) is 0.355. The molecule has 6 heteroatoms. The van der Waals surface area contributed by atoms with Gasteiger partial charge in [-0.15, -0.1) is 0 Å². The molecule has 37 heavy (non-hydrogen) atoms. The summed E-state index contributed by atoms with van der Waals surface area (Å²) in [6.07, 6.45) is 6.00. The smallest absolute Gasteiger partial charge is 0.243 e. The second kappa shape index (κ2) is 13.1. The number of aryl methyl sites for hydroxylation is 1. The average Bonchev–Trinajstić information content (AvgIpc) is 2.89. The van der Waals surface area contributed by atoms with Gasteiger partial charge in [-0.3, -0.25) is 9.59 Å². The summed E-state index contributed by atoms with van der Waals surface area (Å²) in [6.45, 7) is 2.38. The summed E-state index contributed by atoms with van der Waals surface area (Å²) in [7, 11) is 0. The number of hydrogen-bond acceptors (Lipinski definition) is 2. The third-order valence-electron chi connectivity index (χ3n) is 7.00. The summed E-state index contributed by atoms with van der Waals surface area (Å²) >= 11 is 12.3.